The number of carbonyl (C=O) groups excluding carboxylic acids is 1. The van der Waals surface area contributed by atoms with Crippen LogP contribution in [0.15, 0.2) is 24.3 Å². The molecule has 25 heavy (non-hydrogen) atoms. The Labute approximate surface area is 151 Å². The van der Waals surface area contributed by atoms with Gasteiger partial charge in [0, 0.05) is 19.6 Å². The number of ether oxygens (including phenoxy) is 2. The Morgan fingerprint density at radius 2 is 2.28 bits per heavy atom. The zero-order valence-electron chi connectivity index (χ0n) is 15.8. The normalized spacial score (nSPS) is 19.6. The van der Waals surface area contributed by atoms with Gasteiger partial charge in [-0.05, 0) is 45.6 Å². The molecule has 6 heteroatoms. The van der Waals surface area contributed by atoms with Gasteiger partial charge >= 0.3 is 0 Å². The van der Waals surface area contributed by atoms with Gasteiger partial charge in [-0.1, -0.05) is 12.1 Å². The lowest BCUT2D eigenvalue weighted by Crippen LogP contribution is -2.54. The molecular formula is C19H31N3O3. The van der Waals surface area contributed by atoms with E-state index in [1.807, 2.05) is 52.2 Å². The van der Waals surface area contributed by atoms with Crippen molar-refractivity contribution in [3.63, 3.8) is 0 Å². The average molecular weight is 349 g/mol. The minimum Gasteiger partial charge on any atom is -0.492 e. The fraction of sp³-hybridized carbons (Fsp3) is 0.632. The second-order valence-corrected chi connectivity index (χ2v) is 6.88. The van der Waals surface area contributed by atoms with Crippen molar-refractivity contribution in [3.8, 4) is 5.75 Å². The third kappa shape index (κ3) is 6.65. The smallest absolute Gasteiger partial charge is 0.237 e. The summed E-state index contributed by atoms with van der Waals surface area (Å²) in [4.78, 5) is 16.7. The van der Waals surface area contributed by atoms with Crippen LogP contribution in [0.2, 0.25) is 0 Å². The van der Waals surface area contributed by atoms with Crippen molar-refractivity contribution in [2.45, 2.75) is 26.0 Å². The minimum atomic E-state index is -0.160. The molecule has 1 amide bonds. The van der Waals surface area contributed by atoms with Crippen LogP contribution >= 0.6 is 0 Å². The van der Waals surface area contributed by atoms with Gasteiger partial charge in [0.25, 0.3) is 0 Å². The number of hydrogen-bond donors (Lipinski definition) is 1. The maximum absolute atomic E-state index is 12.4. The first-order valence-electron chi connectivity index (χ1n) is 8.93. The van der Waals surface area contributed by atoms with Crippen molar-refractivity contribution < 1.29 is 14.3 Å². The summed E-state index contributed by atoms with van der Waals surface area (Å²) in [6.07, 6.45) is 0.156. The third-order valence-electron chi connectivity index (χ3n) is 4.33. The summed E-state index contributed by atoms with van der Waals surface area (Å²) in [5.74, 6) is 0.875. The fourth-order valence-corrected chi connectivity index (χ4v) is 2.97. The summed E-state index contributed by atoms with van der Waals surface area (Å²) < 4.78 is 11.4. The molecule has 1 saturated heterocycles. The number of aryl methyl sites for hydroxylation is 1. The number of likely N-dealkylation sites (N-methyl/N-ethyl adjacent to an activating group) is 1. The van der Waals surface area contributed by atoms with Gasteiger partial charge in [0.15, 0.2) is 0 Å². The van der Waals surface area contributed by atoms with Crippen molar-refractivity contribution in [2.75, 3.05) is 53.5 Å². The second kappa shape index (κ2) is 9.75. The number of benzene rings is 1. The van der Waals surface area contributed by atoms with E-state index in [9.17, 15) is 4.79 Å². The van der Waals surface area contributed by atoms with E-state index in [1.54, 1.807) is 0 Å². The summed E-state index contributed by atoms with van der Waals surface area (Å²) in [5, 5.41) is 2.96. The molecular weight excluding hydrogens is 318 g/mol. The molecule has 1 N–H and O–H groups in total. The third-order valence-corrected chi connectivity index (χ3v) is 4.33. The van der Waals surface area contributed by atoms with E-state index in [-0.39, 0.29) is 18.1 Å². The van der Waals surface area contributed by atoms with E-state index in [0.29, 0.717) is 19.8 Å². The first kappa shape index (κ1) is 19.7. The van der Waals surface area contributed by atoms with Gasteiger partial charge in [-0.2, -0.15) is 0 Å². The van der Waals surface area contributed by atoms with Crippen molar-refractivity contribution in [3.05, 3.63) is 29.8 Å². The Morgan fingerprint density at radius 3 is 3.00 bits per heavy atom. The first-order valence-corrected chi connectivity index (χ1v) is 8.93. The van der Waals surface area contributed by atoms with Crippen molar-refractivity contribution in [2.24, 2.45) is 0 Å². The Bertz CT molecular complexity index is 550. The zero-order chi connectivity index (χ0) is 18.2. The van der Waals surface area contributed by atoms with Gasteiger partial charge in [-0.15, -0.1) is 0 Å². The van der Waals surface area contributed by atoms with Gasteiger partial charge in [-0.25, -0.2) is 0 Å². The van der Waals surface area contributed by atoms with Gasteiger partial charge in [0.1, 0.15) is 12.4 Å². The van der Waals surface area contributed by atoms with E-state index < -0.39 is 0 Å². The Morgan fingerprint density at radius 1 is 1.48 bits per heavy atom. The predicted octanol–water partition coefficient (Wildman–Crippen LogP) is 1.14. The number of rotatable bonds is 8. The van der Waals surface area contributed by atoms with Gasteiger partial charge in [-0.3, -0.25) is 9.69 Å². The average Bonchev–Trinajstić information content (AvgIpc) is 2.57. The number of amides is 1. The molecule has 0 unspecified atom stereocenters. The molecule has 1 aliphatic heterocycles. The number of morpholine rings is 1. The molecule has 0 bridgehead atoms. The maximum atomic E-state index is 12.4. The number of carbonyl (C=O) groups is 1. The van der Waals surface area contributed by atoms with Gasteiger partial charge < -0.3 is 19.7 Å². The Kier molecular flexibility index (Phi) is 7.68. The fourth-order valence-electron chi connectivity index (χ4n) is 2.97. The van der Waals surface area contributed by atoms with E-state index in [4.69, 9.17) is 9.47 Å². The highest BCUT2D eigenvalue weighted by atomic mass is 16.5. The number of hydrogen-bond acceptors (Lipinski definition) is 5. The van der Waals surface area contributed by atoms with Crippen molar-refractivity contribution >= 4 is 5.91 Å². The monoisotopic (exact) mass is 349 g/mol. The van der Waals surface area contributed by atoms with E-state index >= 15 is 0 Å². The summed E-state index contributed by atoms with van der Waals surface area (Å²) in [7, 11) is 4.07. The quantitative estimate of drug-likeness (QED) is 0.714. The molecule has 0 radical (unpaired) electrons. The molecule has 140 valence electrons. The molecule has 1 heterocycles. The molecule has 6 nitrogen and oxygen atoms in total. The molecule has 2 rings (SSSR count). The van der Waals surface area contributed by atoms with E-state index in [2.05, 4.69) is 15.1 Å². The summed E-state index contributed by atoms with van der Waals surface area (Å²) >= 11 is 0. The molecule has 2 atom stereocenters. The number of nitrogens with one attached hydrogen (secondary N) is 1. The molecule has 1 aromatic carbocycles. The Balaban J connectivity index is 1.70. The van der Waals surface area contributed by atoms with Crippen molar-refractivity contribution in [1.29, 1.82) is 0 Å². The van der Waals surface area contributed by atoms with Crippen LogP contribution in [0.5, 0.6) is 5.75 Å². The first-order chi connectivity index (χ1) is 12.0. The lowest BCUT2D eigenvalue weighted by Gasteiger charge is -2.37. The van der Waals surface area contributed by atoms with E-state index in [1.165, 1.54) is 0 Å². The van der Waals surface area contributed by atoms with Crippen LogP contribution in [-0.2, 0) is 9.53 Å². The molecule has 1 aromatic rings. The largest absolute Gasteiger partial charge is 0.492 e. The standard InChI is InChI=1S/C19H31N3O3/c1-15-6-5-7-17(12-15)24-10-8-20-19(23)16(2)22-9-11-25-18(14-22)13-21(3)4/h5-7,12,16,18H,8-11,13-14H2,1-4H3,(H,20,23)/t16-,18+/m0/s1. The van der Waals surface area contributed by atoms with Gasteiger partial charge in [0.05, 0.1) is 25.3 Å². The van der Waals surface area contributed by atoms with Gasteiger partial charge in [0.2, 0.25) is 5.91 Å². The lowest BCUT2D eigenvalue weighted by atomic mass is 10.2. The highest BCUT2D eigenvalue weighted by molar-refractivity contribution is 5.81. The minimum absolute atomic E-state index is 0.0401. The van der Waals surface area contributed by atoms with Crippen LogP contribution < -0.4 is 10.1 Å². The second-order valence-electron chi connectivity index (χ2n) is 6.88. The SMILES string of the molecule is Cc1cccc(OCCNC(=O)[C@H](C)N2CCO[C@H](CN(C)C)C2)c1. The molecule has 0 aliphatic carbocycles. The summed E-state index contributed by atoms with van der Waals surface area (Å²) in [6, 6.07) is 7.75. The van der Waals surface area contributed by atoms with Crippen LogP contribution in [-0.4, -0.2) is 81.3 Å². The summed E-state index contributed by atoms with van der Waals surface area (Å²) in [6.45, 7) is 8.07. The van der Waals surface area contributed by atoms with Crippen LogP contribution in [0.4, 0.5) is 0 Å². The molecule has 0 aromatic heterocycles. The molecule has 0 spiro atoms. The highest BCUT2D eigenvalue weighted by Gasteiger charge is 2.27. The molecule has 1 aliphatic rings. The maximum Gasteiger partial charge on any atom is 0.237 e. The zero-order valence-corrected chi connectivity index (χ0v) is 15.8. The number of nitrogens with zero attached hydrogens (tertiary/aromatic N) is 2. The van der Waals surface area contributed by atoms with Crippen LogP contribution in [0.3, 0.4) is 0 Å². The van der Waals surface area contributed by atoms with E-state index in [0.717, 1.165) is 30.9 Å². The lowest BCUT2D eigenvalue weighted by molar-refractivity contribution is -0.129. The van der Waals surface area contributed by atoms with Crippen LogP contribution in [0.1, 0.15) is 12.5 Å². The predicted molar refractivity (Wildman–Crippen MR) is 99.0 cm³/mol. The topological polar surface area (TPSA) is 54.0 Å². The summed E-state index contributed by atoms with van der Waals surface area (Å²) in [5.41, 5.74) is 1.16. The molecule has 0 saturated carbocycles. The molecule has 1 fully saturated rings. The highest BCUT2D eigenvalue weighted by Crippen LogP contribution is 2.12. The Hall–Kier alpha value is -1.63. The van der Waals surface area contributed by atoms with Crippen molar-refractivity contribution in [1.82, 2.24) is 15.1 Å². The van der Waals surface area contributed by atoms with Crippen LogP contribution in [0.25, 0.3) is 0 Å². The van der Waals surface area contributed by atoms with Crippen LogP contribution in [0, 0.1) is 6.92 Å².